The van der Waals surface area contributed by atoms with Crippen LogP contribution in [0.3, 0.4) is 0 Å². The molecule has 0 saturated heterocycles. The molecule has 1 aliphatic heterocycles. The minimum Gasteiger partial charge on any atom is -0.362 e. The van der Waals surface area contributed by atoms with Crippen LogP contribution in [0, 0.1) is 17.6 Å². The van der Waals surface area contributed by atoms with E-state index >= 15 is 0 Å². The molecule has 2 aromatic rings. The molecule has 0 aromatic heterocycles. The standard InChI is InChI=1S/C19H18F2N2O3S/c1-10(2)18-26-9-11-8-12(6-7-15(11)27-18)22-19(25)23-17(24)16-13(20)4-3-5-14(16)21/h3-8,10,18H,9H2,1-2H3,(H2,22,23,24,25). The third-order valence-corrected chi connectivity index (χ3v) is 5.49. The number of amides is 3. The summed E-state index contributed by atoms with van der Waals surface area (Å²) < 4.78 is 33.0. The molecule has 0 fully saturated rings. The molecule has 27 heavy (non-hydrogen) atoms. The topological polar surface area (TPSA) is 67.4 Å². The van der Waals surface area contributed by atoms with E-state index in [2.05, 4.69) is 19.2 Å². The largest absolute Gasteiger partial charge is 0.362 e. The maximum atomic E-state index is 13.6. The summed E-state index contributed by atoms with van der Waals surface area (Å²) in [4.78, 5) is 25.0. The summed E-state index contributed by atoms with van der Waals surface area (Å²) in [6.07, 6.45) is 0. The second kappa shape index (κ2) is 8.06. The van der Waals surface area contributed by atoms with Gasteiger partial charge in [-0.2, -0.15) is 0 Å². The van der Waals surface area contributed by atoms with Gasteiger partial charge in [-0.25, -0.2) is 13.6 Å². The minimum absolute atomic E-state index is 0.0768. The quantitative estimate of drug-likeness (QED) is 0.805. The maximum Gasteiger partial charge on any atom is 0.326 e. The van der Waals surface area contributed by atoms with Crippen molar-refractivity contribution >= 4 is 29.4 Å². The Bertz CT molecular complexity index is 869. The van der Waals surface area contributed by atoms with Crippen molar-refractivity contribution in [3.63, 3.8) is 0 Å². The van der Waals surface area contributed by atoms with Crippen molar-refractivity contribution < 1.29 is 23.1 Å². The van der Waals surface area contributed by atoms with Gasteiger partial charge in [-0.1, -0.05) is 31.7 Å². The molecule has 2 N–H and O–H groups in total. The Morgan fingerprint density at radius 2 is 1.89 bits per heavy atom. The Balaban J connectivity index is 1.66. The number of hydrogen-bond donors (Lipinski definition) is 2. The van der Waals surface area contributed by atoms with E-state index in [9.17, 15) is 18.4 Å². The molecule has 8 heteroatoms. The molecule has 1 atom stereocenters. The Hall–Kier alpha value is -2.45. The fourth-order valence-corrected chi connectivity index (χ4v) is 3.66. The van der Waals surface area contributed by atoms with Crippen LogP contribution in [-0.4, -0.2) is 17.4 Å². The summed E-state index contributed by atoms with van der Waals surface area (Å²) >= 11 is 1.62. The van der Waals surface area contributed by atoms with E-state index in [0.717, 1.165) is 28.7 Å². The highest BCUT2D eigenvalue weighted by atomic mass is 32.2. The number of imide groups is 1. The van der Waals surface area contributed by atoms with E-state index in [1.165, 1.54) is 0 Å². The van der Waals surface area contributed by atoms with Crippen LogP contribution in [0.1, 0.15) is 29.8 Å². The molecule has 5 nitrogen and oxygen atoms in total. The number of urea groups is 1. The lowest BCUT2D eigenvalue weighted by Crippen LogP contribution is -2.35. The third kappa shape index (κ3) is 4.45. The Labute approximate surface area is 159 Å². The monoisotopic (exact) mass is 392 g/mol. The fourth-order valence-electron chi connectivity index (χ4n) is 2.59. The molecule has 0 bridgehead atoms. The van der Waals surface area contributed by atoms with Crippen LogP contribution in [0.2, 0.25) is 0 Å². The van der Waals surface area contributed by atoms with E-state index in [1.54, 1.807) is 23.9 Å². The average molecular weight is 392 g/mol. The molecule has 3 amide bonds. The molecular formula is C19H18F2N2O3S. The summed E-state index contributed by atoms with van der Waals surface area (Å²) in [5.41, 5.74) is 0.636. The Morgan fingerprint density at radius 1 is 1.19 bits per heavy atom. The minimum atomic E-state index is -1.15. The molecule has 0 aliphatic carbocycles. The highest BCUT2D eigenvalue weighted by Crippen LogP contribution is 2.37. The van der Waals surface area contributed by atoms with Crippen LogP contribution in [0.15, 0.2) is 41.3 Å². The highest BCUT2D eigenvalue weighted by molar-refractivity contribution is 7.99. The molecule has 1 aliphatic rings. The van der Waals surface area contributed by atoms with Gasteiger partial charge in [0.05, 0.1) is 6.61 Å². The number of rotatable bonds is 3. The molecule has 3 rings (SSSR count). The summed E-state index contributed by atoms with van der Waals surface area (Å²) in [5.74, 6) is -2.86. The molecule has 2 aromatic carbocycles. The zero-order chi connectivity index (χ0) is 19.6. The number of hydrogen-bond acceptors (Lipinski definition) is 4. The van der Waals surface area contributed by atoms with E-state index in [-0.39, 0.29) is 5.44 Å². The first-order valence-electron chi connectivity index (χ1n) is 8.32. The molecule has 0 spiro atoms. The lowest BCUT2D eigenvalue weighted by Gasteiger charge is -2.27. The number of benzene rings is 2. The van der Waals surface area contributed by atoms with Gasteiger partial charge >= 0.3 is 6.03 Å². The molecule has 0 saturated carbocycles. The van der Waals surface area contributed by atoms with Gasteiger partial charge in [0.1, 0.15) is 22.6 Å². The van der Waals surface area contributed by atoms with Crippen molar-refractivity contribution in [2.75, 3.05) is 5.32 Å². The van der Waals surface area contributed by atoms with Crippen molar-refractivity contribution in [3.8, 4) is 0 Å². The SMILES string of the molecule is CC(C)C1OCc2cc(NC(=O)NC(=O)c3c(F)cccc3F)ccc2S1. The van der Waals surface area contributed by atoms with Crippen LogP contribution >= 0.6 is 11.8 Å². The maximum absolute atomic E-state index is 13.6. The van der Waals surface area contributed by atoms with E-state index in [0.29, 0.717) is 18.2 Å². The number of carbonyl (C=O) groups is 2. The van der Waals surface area contributed by atoms with Gasteiger partial charge in [-0.05, 0) is 41.8 Å². The number of carbonyl (C=O) groups excluding carboxylic acids is 2. The van der Waals surface area contributed by atoms with Gasteiger partial charge in [0.25, 0.3) is 5.91 Å². The lowest BCUT2D eigenvalue weighted by molar-refractivity contribution is 0.0650. The number of thioether (sulfide) groups is 1. The Morgan fingerprint density at radius 3 is 2.56 bits per heavy atom. The van der Waals surface area contributed by atoms with Crippen LogP contribution in [-0.2, 0) is 11.3 Å². The second-order valence-corrected chi connectivity index (χ2v) is 7.51. The van der Waals surface area contributed by atoms with Gasteiger partial charge in [0, 0.05) is 10.6 Å². The first-order chi connectivity index (χ1) is 12.8. The van der Waals surface area contributed by atoms with Crippen LogP contribution < -0.4 is 10.6 Å². The predicted molar refractivity (Wildman–Crippen MR) is 98.6 cm³/mol. The number of ether oxygens (including phenoxy) is 1. The van der Waals surface area contributed by atoms with Gasteiger partial charge in [0.2, 0.25) is 0 Å². The zero-order valence-corrected chi connectivity index (χ0v) is 15.5. The van der Waals surface area contributed by atoms with E-state index in [1.807, 2.05) is 11.4 Å². The van der Waals surface area contributed by atoms with Gasteiger partial charge in [-0.15, -0.1) is 0 Å². The van der Waals surface area contributed by atoms with Gasteiger partial charge in [0.15, 0.2) is 0 Å². The molecular weight excluding hydrogens is 374 g/mol. The molecule has 1 heterocycles. The van der Waals surface area contributed by atoms with Crippen LogP contribution in [0.5, 0.6) is 0 Å². The molecule has 142 valence electrons. The predicted octanol–water partition coefficient (Wildman–Crippen LogP) is 4.53. The zero-order valence-electron chi connectivity index (χ0n) is 14.7. The lowest BCUT2D eigenvalue weighted by atomic mass is 10.2. The first-order valence-corrected chi connectivity index (χ1v) is 9.20. The van der Waals surface area contributed by atoms with Crippen molar-refractivity contribution in [2.45, 2.75) is 30.8 Å². The van der Waals surface area contributed by atoms with Gasteiger partial charge < -0.3 is 10.1 Å². The fraction of sp³-hybridized carbons (Fsp3) is 0.263. The molecule has 1 unspecified atom stereocenters. The van der Waals surface area contributed by atoms with E-state index < -0.39 is 29.1 Å². The van der Waals surface area contributed by atoms with Crippen molar-refractivity contribution in [1.82, 2.24) is 5.32 Å². The highest BCUT2D eigenvalue weighted by Gasteiger charge is 2.23. The summed E-state index contributed by atoms with van der Waals surface area (Å²) in [5, 5.41) is 4.41. The van der Waals surface area contributed by atoms with Gasteiger partial charge in [-0.3, -0.25) is 10.1 Å². The number of fused-ring (bicyclic) bond motifs is 1. The number of nitrogens with one attached hydrogen (secondary N) is 2. The number of halogens is 2. The second-order valence-electron chi connectivity index (χ2n) is 6.37. The van der Waals surface area contributed by atoms with Crippen molar-refractivity contribution in [3.05, 3.63) is 59.2 Å². The Kier molecular flexibility index (Phi) is 5.76. The summed E-state index contributed by atoms with van der Waals surface area (Å²) in [6.45, 7) is 4.58. The number of anilines is 1. The van der Waals surface area contributed by atoms with Crippen LogP contribution in [0.4, 0.5) is 19.3 Å². The third-order valence-electron chi connectivity index (χ3n) is 3.93. The molecule has 0 radical (unpaired) electrons. The summed E-state index contributed by atoms with van der Waals surface area (Å²) in [6, 6.07) is 7.45. The van der Waals surface area contributed by atoms with Crippen molar-refractivity contribution in [2.24, 2.45) is 5.92 Å². The normalized spacial score (nSPS) is 16.0. The van der Waals surface area contributed by atoms with Crippen LogP contribution in [0.25, 0.3) is 0 Å². The average Bonchev–Trinajstić information content (AvgIpc) is 2.60. The summed E-state index contributed by atoms with van der Waals surface area (Å²) in [7, 11) is 0. The first kappa shape index (κ1) is 19.3. The van der Waals surface area contributed by atoms with E-state index in [4.69, 9.17) is 4.74 Å². The smallest absolute Gasteiger partial charge is 0.326 e. The van der Waals surface area contributed by atoms with Crippen molar-refractivity contribution in [1.29, 1.82) is 0 Å².